The van der Waals surface area contributed by atoms with Crippen molar-refractivity contribution in [3.8, 4) is 89.8 Å². The third kappa shape index (κ3) is 6.72. The molecule has 254 valence electrons. The average Bonchev–Trinajstić information content (AvgIpc) is 3.27. The molecule has 9 rings (SSSR count). The molecule has 0 aliphatic rings. The van der Waals surface area contributed by atoms with Crippen molar-refractivity contribution in [3.05, 3.63) is 207 Å². The lowest BCUT2D eigenvalue weighted by atomic mass is 9.84. The van der Waals surface area contributed by atoms with Crippen LogP contribution in [-0.4, -0.2) is 19.9 Å². The van der Waals surface area contributed by atoms with Gasteiger partial charge in [0.1, 0.15) is 0 Å². The van der Waals surface area contributed by atoms with Crippen molar-refractivity contribution >= 4 is 0 Å². The number of aromatic nitrogens is 4. The Balaban J connectivity index is 1.23. The Hall–Kier alpha value is -7.30. The van der Waals surface area contributed by atoms with Gasteiger partial charge in [0.05, 0.1) is 0 Å². The summed E-state index contributed by atoms with van der Waals surface area (Å²) in [5.74, 6) is 1.85. The van der Waals surface area contributed by atoms with Crippen LogP contribution < -0.4 is 0 Å². The van der Waals surface area contributed by atoms with Gasteiger partial charge in [0.2, 0.25) is 0 Å². The fourth-order valence-corrected chi connectivity index (χ4v) is 6.95. The zero-order valence-corrected chi connectivity index (χ0v) is 29.4. The van der Waals surface area contributed by atoms with Crippen LogP contribution >= 0.6 is 0 Å². The van der Waals surface area contributed by atoms with Crippen LogP contribution in [-0.2, 0) is 0 Å². The van der Waals surface area contributed by atoms with Gasteiger partial charge in [-0.05, 0) is 79.9 Å². The first-order valence-corrected chi connectivity index (χ1v) is 18.0. The lowest BCUT2D eigenvalue weighted by Gasteiger charge is -2.19. The number of benzene rings is 7. The highest BCUT2D eigenvalue weighted by Crippen LogP contribution is 2.44. The van der Waals surface area contributed by atoms with E-state index >= 15 is 0 Å². The molecule has 0 unspecified atom stereocenters. The second kappa shape index (κ2) is 14.7. The normalized spacial score (nSPS) is 11.0. The smallest absolute Gasteiger partial charge is 0.164 e. The molecule has 0 saturated heterocycles. The maximum atomic E-state index is 5.12. The monoisotopic (exact) mass is 690 g/mol. The molecule has 2 aromatic heterocycles. The topological polar surface area (TPSA) is 51.6 Å². The molecule has 9 aromatic rings. The predicted molar refractivity (Wildman–Crippen MR) is 221 cm³/mol. The third-order valence-electron chi connectivity index (χ3n) is 9.63. The Kier molecular flexibility index (Phi) is 8.90. The molecule has 0 aliphatic heterocycles. The van der Waals surface area contributed by atoms with Gasteiger partial charge in [0, 0.05) is 29.1 Å². The Morgan fingerprint density at radius 2 is 0.667 bits per heavy atom. The first-order valence-electron chi connectivity index (χ1n) is 18.0. The molecule has 0 atom stereocenters. The number of hydrogen-bond acceptors (Lipinski definition) is 4. The highest BCUT2D eigenvalue weighted by atomic mass is 15.0. The fourth-order valence-electron chi connectivity index (χ4n) is 6.95. The Morgan fingerprint density at radius 3 is 1.20 bits per heavy atom. The molecule has 7 aromatic carbocycles. The van der Waals surface area contributed by atoms with Crippen LogP contribution in [0.25, 0.3) is 89.8 Å². The van der Waals surface area contributed by atoms with E-state index in [0.717, 1.165) is 66.8 Å². The van der Waals surface area contributed by atoms with Crippen LogP contribution in [0.1, 0.15) is 0 Å². The number of pyridine rings is 1. The highest BCUT2D eigenvalue weighted by Gasteiger charge is 2.19. The fraction of sp³-hybridized carbons (Fsp3) is 0. The van der Waals surface area contributed by atoms with Crippen molar-refractivity contribution in [2.24, 2.45) is 0 Å². The van der Waals surface area contributed by atoms with E-state index in [4.69, 9.17) is 15.0 Å². The summed E-state index contributed by atoms with van der Waals surface area (Å²) in [7, 11) is 0. The summed E-state index contributed by atoms with van der Waals surface area (Å²) in [6, 6.07) is 67.6. The van der Waals surface area contributed by atoms with Gasteiger partial charge >= 0.3 is 0 Å². The SMILES string of the molecule is c1ccc(-c2cc(-c3ccccc3)c(-c3cccc(-c4nc(-c5ccccc5)nc(-c5ccc(-c6cccnc6)cc5)n4)c3)c(-c3ccccc3)c2)cc1. The summed E-state index contributed by atoms with van der Waals surface area (Å²) < 4.78 is 0. The lowest BCUT2D eigenvalue weighted by Crippen LogP contribution is -2.00. The van der Waals surface area contributed by atoms with E-state index in [1.807, 2.05) is 42.6 Å². The van der Waals surface area contributed by atoms with Crippen molar-refractivity contribution in [1.29, 1.82) is 0 Å². The van der Waals surface area contributed by atoms with Gasteiger partial charge in [0.15, 0.2) is 17.5 Å². The van der Waals surface area contributed by atoms with Crippen molar-refractivity contribution < 1.29 is 0 Å². The number of rotatable bonds is 8. The molecule has 0 fully saturated rings. The molecule has 0 spiro atoms. The van der Waals surface area contributed by atoms with Gasteiger partial charge in [-0.1, -0.05) is 170 Å². The largest absolute Gasteiger partial charge is 0.264 e. The standard InChI is InChI=1S/C50H34N4/c1-5-15-35(16-6-1)44-32-45(37-17-7-2-8-18-37)47(46(33-44)38-19-9-3-10-20-38)41-23-13-24-42(31-41)50-53-48(39-21-11-4-12-22-39)52-49(54-50)40-28-26-36(27-29-40)43-25-14-30-51-34-43/h1-34H. The van der Waals surface area contributed by atoms with E-state index in [1.165, 1.54) is 5.56 Å². The summed E-state index contributed by atoms with van der Waals surface area (Å²) in [5.41, 5.74) is 14.1. The van der Waals surface area contributed by atoms with Crippen LogP contribution in [0.15, 0.2) is 207 Å². The summed E-state index contributed by atoms with van der Waals surface area (Å²) in [4.78, 5) is 19.5. The van der Waals surface area contributed by atoms with E-state index in [9.17, 15) is 0 Å². The van der Waals surface area contributed by atoms with Crippen molar-refractivity contribution in [1.82, 2.24) is 19.9 Å². The minimum atomic E-state index is 0.612. The summed E-state index contributed by atoms with van der Waals surface area (Å²) in [6.45, 7) is 0. The second-order valence-corrected chi connectivity index (χ2v) is 13.1. The maximum absolute atomic E-state index is 5.12. The third-order valence-corrected chi connectivity index (χ3v) is 9.63. The van der Waals surface area contributed by atoms with Crippen LogP contribution in [0.4, 0.5) is 0 Å². The van der Waals surface area contributed by atoms with Crippen LogP contribution in [0, 0.1) is 0 Å². The van der Waals surface area contributed by atoms with Crippen LogP contribution in [0.3, 0.4) is 0 Å². The minimum absolute atomic E-state index is 0.612. The van der Waals surface area contributed by atoms with E-state index in [2.05, 4.69) is 163 Å². The number of nitrogens with zero attached hydrogens (tertiary/aromatic N) is 4. The van der Waals surface area contributed by atoms with E-state index in [0.29, 0.717) is 17.5 Å². The first kappa shape index (κ1) is 32.6. The summed E-state index contributed by atoms with van der Waals surface area (Å²) in [6.07, 6.45) is 3.66. The first-order chi connectivity index (χ1) is 26.8. The van der Waals surface area contributed by atoms with Crippen molar-refractivity contribution in [3.63, 3.8) is 0 Å². The zero-order chi connectivity index (χ0) is 36.1. The lowest BCUT2D eigenvalue weighted by molar-refractivity contribution is 1.07. The van der Waals surface area contributed by atoms with Crippen molar-refractivity contribution in [2.45, 2.75) is 0 Å². The maximum Gasteiger partial charge on any atom is 0.164 e. The molecule has 54 heavy (non-hydrogen) atoms. The van der Waals surface area contributed by atoms with Gasteiger partial charge < -0.3 is 0 Å². The number of hydrogen-bond donors (Lipinski definition) is 0. The molecule has 4 heteroatoms. The molecule has 0 bridgehead atoms. The molecular weight excluding hydrogens is 657 g/mol. The van der Waals surface area contributed by atoms with Crippen molar-refractivity contribution in [2.75, 3.05) is 0 Å². The zero-order valence-electron chi connectivity index (χ0n) is 29.4. The predicted octanol–water partition coefficient (Wildman–Crippen LogP) is 12.6. The second-order valence-electron chi connectivity index (χ2n) is 13.1. The van der Waals surface area contributed by atoms with Gasteiger partial charge in [0.25, 0.3) is 0 Å². The summed E-state index contributed by atoms with van der Waals surface area (Å²) in [5, 5.41) is 0. The van der Waals surface area contributed by atoms with Gasteiger partial charge in [-0.25, -0.2) is 15.0 Å². The van der Waals surface area contributed by atoms with Gasteiger partial charge in [-0.3, -0.25) is 4.98 Å². The van der Waals surface area contributed by atoms with Crippen LogP contribution in [0.5, 0.6) is 0 Å². The molecule has 2 heterocycles. The Labute approximate surface area is 315 Å². The molecule has 0 radical (unpaired) electrons. The summed E-state index contributed by atoms with van der Waals surface area (Å²) >= 11 is 0. The molecule has 4 nitrogen and oxygen atoms in total. The Bertz CT molecular complexity index is 2600. The van der Waals surface area contributed by atoms with E-state index in [1.54, 1.807) is 6.20 Å². The highest BCUT2D eigenvalue weighted by molar-refractivity contribution is 5.98. The molecule has 0 saturated carbocycles. The molecule has 0 aliphatic carbocycles. The van der Waals surface area contributed by atoms with E-state index < -0.39 is 0 Å². The average molecular weight is 691 g/mol. The minimum Gasteiger partial charge on any atom is -0.264 e. The molecule has 0 N–H and O–H groups in total. The van der Waals surface area contributed by atoms with Gasteiger partial charge in [-0.2, -0.15) is 0 Å². The van der Waals surface area contributed by atoms with E-state index in [-0.39, 0.29) is 0 Å². The molecule has 0 amide bonds. The Morgan fingerprint density at radius 1 is 0.259 bits per heavy atom. The van der Waals surface area contributed by atoms with Crippen LogP contribution in [0.2, 0.25) is 0 Å². The quantitative estimate of drug-likeness (QED) is 0.159. The molecular formula is C50H34N4. The van der Waals surface area contributed by atoms with Gasteiger partial charge in [-0.15, -0.1) is 0 Å².